The molecule has 0 bridgehead atoms. The van der Waals surface area contributed by atoms with Gasteiger partial charge in [0.15, 0.2) is 0 Å². The van der Waals surface area contributed by atoms with Gasteiger partial charge in [-0.1, -0.05) is 18.2 Å². The molecule has 2 aromatic carbocycles. The predicted octanol–water partition coefficient (Wildman–Crippen LogP) is 4.90. The smallest absolute Gasteiger partial charge is 0.226 e. The SMILES string of the molecule is Cc1oc(-c2ccccc2)nc1COc1ccc2oc(CCCO)cc2c1. The molecule has 0 radical (unpaired) electrons. The topological polar surface area (TPSA) is 68.6 Å². The van der Waals surface area contributed by atoms with Crippen LogP contribution < -0.4 is 4.74 Å². The van der Waals surface area contributed by atoms with Crippen molar-refractivity contribution in [3.63, 3.8) is 0 Å². The quantitative estimate of drug-likeness (QED) is 0.506. The number of fused-ring (bicyclic) bond motifs is 1. The van der Waals surface area contributed by atoms with Gasteiger partial charge in [-0.15, -0.1) is 0 Å². The van der Waals surface area contributed by atoms with Crippen LogP contribution in [0.15, 0.2) is 63.4 Å². The van der Waals surface area contributed by atoms with Gasteiger partial charge in [-0.05, 0) is 49.7 Å². The van der Waals surface area contributed by atoms with E-state index in [0.29, 0.717) is 18.9 Å². The summed E-state index contributed by atoms with van der Waals surface area (Å²) in [6.45, 7) is 2.39. The van der Waals surface area contributed by atoms with Crippen LogP contribution in [-0.2, 0) is 13.0 Å². The average molecular weight is 363 g/mol. The van der Waals surface area contributed by atoms with Crippen LogP contribution >= 0.6 is 0 Å². The molecule has 27 heavy (non-hydrogen) atoms. The monoisotopic (exact) mass is 363 g/mol. The molecule has 0 saturated carbocycles. The molecule has 0 saturated heterocycles. The minimum absolute atomic E-state index is 0.160. The van der Waals surface area contributed by atoms with Crippen molar-refractivity contribution in [2.45, 2.75) is 26.4 Å². The minimum atomic E-state index is 0.160. The Hall–Kier alpha value is -3.05. The van der Waals surface area contributed by atoms with Crippen LogP contribution in [-0.4, -0.2) is 16.7 Å². The van der Waals surface area contributed by atoms with Crippen molar-refractivity contribution in [1.82, 2.24) is 4.98 Å². The van der Waals surface area contributed by atoms with Gasteiger partial charge in [-0.2, -0.15) is 0 Å². The molecule has 0 spiro atoms. The summed E-state index contributed by atoms with van der Waals surface area (Å²) in [4.78, 5) is 4.56. The number of hydrogen-bond acceptors (Lipinski definition) is 5. The second-order valence-corrected chi connectivity index (χ2v) is 6.42. The number of oxazole rings is 1. The first-order valence-electron chi connectivity index (χ1n) is 9.01. The highest BCUT2D eigenvalue weighted by Crippen LogP contribution is 2.26. The fraction of sp³-hybridized carbons (Fsp3) is 0.227. The number of aryl methyl sites for hydroxylation is 2. The Morgan fingerprint density at radius 2 is 1.89 bits per heavy atom. The van der Waals surface area contributed by atoms with Crippen LogP contribution in [0, 0.1) is 6.92 Å². The van der Waals surface area contributed by atoms with Crippen molar-refractivity contribution in [2.75, 3.05) is 6.61 Å². The molecule has 0 aliphatic heterocycles. The van der Waals surface area contributed by atoms with Crippen LogP contribution in [0.25, 0.3) is 22.4 Å². The van der Waals surface area contributed by atoms with Crippen molar-refractivity contribution in [2.24, 2.45) is 0 Å². The highest BCUT2D eigenvalue weighted by atomic mass is 16.5. The molecular formula is C22H21NO4. The molecule has 4 aromatic rings. The number of hydrogen-bond donors (Lipinski definition) is 1. The molecule has 2 aromatic heterocycles. The van der Waals surface area contributed by atoms with E-state index < -0.39 is 0 Å². The van der Waals surface area contributed by atoms with E-state index in [1.54, 1.807) is 0 Å². The van der Waals surface area contributed by atoms with Gasteiger partial charge in [0.1, 0.15) is 35.2 Å². The number of aliphatic hydroxyl groups excluding tert-OH is 1. The number of nitrogens with zero attached hydrogens (tertiary/aromatic N) is 1. The van der Waals surface area contributed by atoms with E-state index in [1.807, 2.05) is 61.5 Å². The van der Waals surface area contributed by atoms with E-state index in [0.717, 1.165) is 45.9 Å². The molecule has 5 heteroatoms. The van der Waals surface area contributed by atoms with Crippen molar-refractivity contribution < 1.29 is 18.7 Å². The number of aliphatic hydroxyl groups is 1. The van der Waals surface area contributed by atoms with Crippen LogP contribution in [0.1, 0.15) is 23.6 Å². The lowest BCUT2D eigenvalue weighted by atomic mass is 10.2. The maximum Gasteiger partial charge on any atom is 0.226 e. The van der Waals surface area contributed by atoms with Crippen LogP contribution in [0.2, 0.25) is 0 Å². The molecule has 4 rings (SSSR count). The lowest BCUT2D eigenvalue weighted by Gasteiger charge is -2.04. The maximum atomic E-state index is 8.95. The van der Waals surface area contributed by atoms with Crippen LogP contribution in [0.3, 0.4) is 0 Å². The summed E-state index contributed by atoms with van der Waals surface area (Å²) in [6, 6.07) is 17.5. The third-order valence-electron chi connectivity index (χ3n) is 4.41. The van der Waals surface area contributed by atoms with Gasteiger partial charge in [-0.25, -0.2) is 4.98 Å². The molecule has 0 aliphatic carbocycles. The molecule has 0 atom stereocenters. The zero-order valence-electron chi connectivity index (χ0n) is 15.1. The highest BCUT2D eigenvalue weighted by molar-refractivity contribution is 5.79. The Kier molecular flexibility index (Phi) is 4.94. The number of aromatic nitrogens is 1. The molecular weight excluding hydrogens is 342 g/mol. The second kappa shape index (κ2) is 7.68. The van der Waals surface area contributed by atoms with Crippen molar-refractivity contribution in [1.29, 1.82) is 0 Å². The van der Waals surface area contributed by atoms with Crippen molar-refractivity contribution in [3.05, 3.63) is 71.8 Å². The molecule has 138 valence electrons. The Balaban J connectivity index is 1.47. The molecule has 0 amide bonds. The van der Waals surface area contributed by atoms with Gasteiger partial charge in [0.25, 0.3) is 0 Å². The highest BCUT2D eigenvalue weighted by Gasteiger charge is 2.12. The first-order valence-corrected chi connectivity index (χ1v) is 9.01. The number of furan rings is 1. The summed E-state index contributed by atoms with van der Waals surface area (Å²) in [7, 11) is 0. The van der Waals surface area contributed by atoms with Gasteiger partial charge < -0.3 is 18.7 Å². The molecule has 0 fully saturated rings. The van der Waals surface area contributed by atoms with Crippen LogP contribution in [0.5, 0.6) is 5.75 Å². The molecule has 0 aliphatic rings. The predicted molar refractivity (Wildman–Crippen MR) is 103 cm³/mol. The second-order valence-electron chi connectivity index (χ2n) is 6.42. The van der Waals surface area contributed by atoms with Gasteiger partial charge in [0.05, 0.1) is 0 Å². The van der Waals surface area contributed by atoms with Gasteiger partial charge >= 0.3 is 0 Å². The molecule has 2 heterocycles. The summed E-state index contributed by atoms with van der Waals surface area (Å²) in [5.74, 6) is 2.98. The molecule has 1 N–H and O–H groups in total. The van der Waals surface area contributed by atoms with E-state index in [2.05, 4.69) is 4.98 Å². The Morgan fingerprint density at radius 1 is 1.04 bits per heavy atom. The van der Waals surface area contributed by atoms with Gasteiger partial charge in [-0.3, -0.25) is 0 Å². The van der Waals surface area contributed by atoms with E-state index in [-0.39, 0.29) is 6.61 Å². The Bertz CT molecular complexity index is 1030. The largest absolute Gasteiger partial charge is 0.487 e. The molecule has 0 unspecified atom stereocenters. The van der Waals surface area contributed by atoms with Crippen LogP contribution in [0.4, 0.5) is 0 Å². The Morgan fingerprint density at radius 3 is 2.70 bits per heavy atom. The third-order valence-corrected chi connectivity index (χ3v) is 4.41. The maximum absolute atomic E-state index is 8.95. The summed E-state index contributed by atoms with van der Waals surface area (Å²) < 4.78 is 17.5. The summed E-state index contributed by atoms with van der Waals surface area (Å²) >= 11 is 0. The average Bonchev–Trinajstić information content (AvgIpc) is 3.28. The minimum Gasteiger partial charge on any atom is -0.487 e. The zero-order valence-corrected chi connectivity index (χ0v) is 15.1. The third kappa shape index (κ3) is 3.88. The standard InChI is InChI=1S/C22H21NO4/c1-15-20(23-22(26-15)16-6-3-2-4-7-16)14-25-18-9-10-21-17(12-18)13-19(27-21)8-5-11-24/h2-4,6-7,9-10,12-13,24H,5,8,11,14H2,1H3. The fourth-order valence-corrected chi connectivity index (χ4v) is 2.96. The number of rotatable bonds is 7. The van der Waals surface area contributed by atoms with Gasteiger partial charge in [0.2, 0.25) is 5.89 Å². The van der Waals surface area contributed by atoms with Crippen molar-refractivity contribution >= 4 is 11.0 Å². The van der Waals surface area contributed by atoms with E-state index in [9.17, 15) is 0 Å². The summed E-state index contributed by atoms with van der Waals surface area (Å²) in [6.07, 6.45) is 1.42. The molecule has 5 nitrogen and oxygen atoms in total. The fourth-order valence-electron chi connectivity index (χ4n) is 2.96. The first-order chi connectivity index (χ1) is 13.2. The summed E-state index contributed by atoms with van der Waals surface area (Å²) in [5.41, 5.74) is 2.55. The summed E-state index contributed by atoms with van der Waals surface area (Å²) in [5, 5.41) is 9.93. The van der Waals surface area contributed by atoms with E-state index in [4.69, 9.17) is 18.7 Å². The number of ether oxygens (including phenoxy) is 1. The normalized spacial score (nSPS) is 11.2. The van der Waals surface area contributed by atoms with Gasteiger partial charge in [0, 0.05) is 24.0 Å². The zero-order chi connectivity index (χ0) is 18.6. The Labute approximate surface area is 157 Å². The van der Waals surface area contributed by atoms with Crippen molar-refractivity contribution in [3.8, 4) is 17.2 Å². The van der Waals surface area contributed by atoms with E-state index in [1.165, 1.54) is 0 Å². The first kappa shape index (κ1) is 17.4. The lowest BCUT2D eigenvalue weighted by Crippen LogP contribution is -1.97. The lowest BCUT2D eigenvalue weighted by molar-refractivity contribution is 0.285. The van der Waals surface area contributed by atoms with E-state index >= 15 is 0 Å². The number of benzene rings is 2.